The van der Waals surface area contributed by atoms with Crippen molar-refractivity contribution >= 4 is 17.5 Å². The monoisotopic (exact) mass is 384 g/mol. The number of hydrazone groups is 1. The maximum Gasteiger partial charge on any atom is 0.243 e. The lowest BCUT2D eigenvalue weighted by Crippen LogP contribution is -2.53. The number of benzene rings is 1. The molecule has 152 valence electrons. The molecule has 1 fully saturated rings. The van der Waals surface area contributed by atoms with E-state index in [0.29, 0.717) is 13.1 Å². The van der Waals surface area contributed by atoms with E-state index in [0.717, 1.165) is 30.8 Å². The van der Waals surface area contributed by atoms with Crippen LogP contribution in [0.5, 0.6) is 0 Å². The Kier molecular flexibility index (Phi) is 6.83. The number of rotatable bonds is 7. The molecule has 6 nitrogen and oxygen atoms in total. The van der Waals surface area contributed by atoms with Gasteiger partial charge in [-0.15, -0.1) is 0 Å². The highest BCUT2D eigenvalue weighted by Crippen LogP contribution is 2.20. The van der Waals surface area contributed by atoms with Gasteiger partial charge in [-0.3, -0.25) is 14.5 Å². The first-order valence-electron chi connectivity index (χ1n) is 10.4. The first kappa shape index (κ1) is 20.5. The molecule has 6 heteroatoms. The Balaban J connectivity index is 1.42. The summed E-state index contributed by atoms with van der Waals surface area (Å²) in [4.78, 5) is 27.1. The molecule has 0 unspecified atom stereocenters. The summed E-state index contributed by atoms with van der Waals surface area (Å²) in [5.41, 5.74) is 1.93. The second kappa shape index (κ2) is 9.32. The number of amides is 2. The zero-order valence-corrected chi connectivity index (χ0v) is 17.1. The number of nitrogens with zero attached hydrogens (tertiary/aromatic N) is 3. The van der Waals surface area contributed by atoms with Crippen LogP contribution < -0.4 is 5.32 Å². The minimum atomic E-state index is -0.0867. The van der Waals surface area contributed by atoms with Gasteiger partial charge in [0.05, 0.1) is 12.3 Å². The van der Waals surface area contributed by atoms with Crippen LogP contribution in [0.2, 0.25) is 0 Å². The number of likely N-dealkylation sites (tertiary alicyclic amines) is 1. The van der Waals surface area contributed by atoms with Crippen LogP contribution in [0.1, 0.15) is 57.9 Å². The molecule has 1 aromatic rings. The maximum absolute atomic E-state index is 12.4. The summed E-state index contributed by atoms with van der Waals surface area (Å²) in [5, 5.41) is 8.97. The van der Waals surface area contributed by atoms with E-state index in [4.69, 9.17) is 0 Å². The van der Waals surface area contributed by atoms with Crippen molar-refractivity contribution in [1.82, 2.24) is 15.2 Å². The molecule has 0 spiro atoms. The summed E-state index contributed by atoms with van der Waals surface area (Å²) in [6, 6.07) is 9.91. The molecule has 0 saturated carbocycles. The zero-order valence-electron chi connectivity index (χ0n) is 17.1. The second-order valence-electron chi connectivity index (χ2n) is 8.32. The predicted octanol–water partition coefficient (Wildman–Crippen LogP) is 2.78. The molecule has 1 aromatic carbocycles. The minimum Gasteiger partial charge on any atom is -0.354 e. The van der Waals surface area contributed by atoms with Gasteiger partial charge < -0.3 is 5.32 Å². The van der Waals surface area contributed by atoms with Crippen LogP contribution in [-0.4, -0.2) is 59.2 Å². The number of carbonyl (C=O) groups is 2. The molecule has 2 aliphatic heterocycles. The fraction of sp³-hybridized carbons (Fsp3) is 0.591. The zero-order chi connectivity index (χ0) is 20.0. The quantitative estimate of drug-likeness (QED) is 0.786. The second-order valence-corrected chi connectivity index (χ2v) is 8.32. The summed E-state index contributed by atoms with van der Waals surface area (Å²) in [6.07, 6.45) is 4.92. The lowest BCUT2D eigenvalue weighted by Gasteiger charge is -2.41. The molecular formula is C22H32N4O2. The summed E-state index contributed by atoms with van der Waals surface area (Å²) in [7, 11) is 0. The number of hydrogen-bond acceptors (Lipinski definition) is 4. The van der Waals surface area contributed by atoms with E-state index >= 15 is 0 Å². The first-order chi connectivity index (χ1) is 13.5. The Morgan fingerprint density at radius 3 is 2.46 bits per heavy atom. The van der Waals surface area contributed by atoms with Crippen molar-refractivity contribution in [3.63, 3.8) is 0 Å². The third-order valence-corrected chi connectivity index (χ3v) is 5.69. The Hall–Kier alpha value is -2.21. The average molecular weight is 385 g/mol. The number of carbonyl (C=O) groups excluding carboxylic acids is 2. The van der Waals surface area contributed by atoms with Crippen LogP contribution in [0.3, 0.4) is 0 Å². The predicted molar refractivity (Wildman–Crippen MR) is 111 cm³/mol. The highest BCUT2D eigenvalue weighted by atomic mass is 16.2. The van der Waals surface area contributed by atoms with Crippen molar-refractivity contribution in [3.8, 4) is 0 Å². The summed E-state index contributed by atoms with van der Waals surface area (Å²) in [6.45, 7) is 7.74. The summed E-state index contributed by atoms with van der Waals surface area (Å²) < 4.78 is 0. The lowest BCUT2D eigenvalue weighted by atomic mass is 9.98. The van der Waals surface area contributed by atoms with Crippen molar-refractivity contribution < 1.29 is 9.59 Å². The third-order valence-electron chi connectivity index (χ3n) is 5.69. The van der Waals surface area contributed by atoms with Gasteiger partial charge in [0.2, 0.25) is 11.8 Å². The van der Waals surface area contributed by atoms with Gasteiger partial charge in [0, 0.05) is 31.3 Å². The maximum atomic E-state index is 12.4. The van der Waals surface area contributed by atoms with Gasteiger partial charge >= 0.3 is 0 Å². The van der Waals surface area contributed by atoms with Crippen LogP contribution in [0.4, 0.5) is 0 Å². The molecule has 0 atom stereocenters. The molecule has 2 amide bonds. The van der Waals surface area contributed by atoms with E-state index in [2.05, 4.69) is 29.2 Å². The van der Waals surface area contributed by atoms with Crippen molar-refractivity contribution in [2.45, 2.75) is 57.9 Å². The van der Waals surface area contributed by atoms with E-state index in [1.54, 1.807) is 0 Å². The van der Waals surface area contributed by atoms with Gasteiger partial charge in [-0.2, -0.15) is 5.10 Å². The molecule has 0 radical (unpaired) electrons. The van der Waals surface area contributed by atoms with Gasteiger partial charge in [0.15, 0.2) is 0 Å². The Bertz CT molecular complexity index is 709. The van der Waals surface area contributed by atoms with Crippen molar-refractivity contribution in [3.05, 3.63) is 35.9 Å². The van der Waals surface area contributed by atoms with E-state index in [1.165, 1.54) is 24.3 Å². The average Bonchev–Trinajstić information content (AvgIpc) is 3.22. The van der Waals surface area contributed by atoms with E-state index in [9.17, 15) is 9.59 Å². The topological polar surface area (TPSA) is 65.0 Å². The Morgan fingerprint density at radius 2 is 1.75 bits per heavy atom. The van der Waals surface area contributed by atoms with Crippen molar-refractivity contribution in [2.75, 3.05) is 26.2 Å². The van der Waals surface area contributed by atoms with Crippen LogP contribution in [-0.2, 0) is 9.59 Å². The van der Waals surface area contributed by atoms with Gasteiger partial charge in [0.1, 0.15) is 0 Å². The van der Waals surface area contributed by atoms with Gasteiger partial charge in [0.25, 0.3) is 0 Å². The number of nitrogens with one attached hydrogen (secondary N) is 1. The fourth-order valence-electron chi connectivity index (χ4n) is 3.83. The summed E-state index contributed by atoms with van der Waals surface area (Å²) in [5.74, 6) is -0.152. The molecule has 0 bridgehead atoms. The summed E-state index contributed by atoms with van der Waals surface area (Å²) >= 11 is 0. The third kappa shape index (κ3) is 5.41. The van der Waals surface area contributed by atoms with E-state index in [1.807, 2.05) is 30.3 Å². The van der Waals surface area contributed by atoms with Crippen molar-refractivity contribution in [2.24, 2.45) is 5.10 Å². The molecule has 0 aromatic heterocycles. The van der Waals surface area contributed by atoms with Gasteiger partial charge in [-0.05, 0) is 45.3 Å². The molecule has 2 aliphatic rings. The first-order valence-corrected chi connectivity index (χ1v) is 10.4. The van der Waals surface area contributed by atoms with E-state index < -0.39 is 0 Å². The Morgan fingerprint density at radius 1 is 1.04 bits per heavy atom. The fourth-order valence-corrected chi connectivity index (χ4v) is 3.83. The standard InChI is InChI=1S/C22H32N4O2/c1-22(2,25-14-7-4-8-15-25)17-23-20(27)11-12-21(28)26-16-13-19(24-26)18-9-5-3-6-10-18/h3,5-6,9-10H,4,7-8,11-17H2,1-2H3,(H,23,27). The highest BCUT2D eigenvalue weighted by molar-refractivity contribution is 6.02. The molecule has 1 saturated heterocycles. The minimum absolute atomic E-state index is 0.0517. The Labute approximate surface area is 168 Å². The number of hydrogen-bond donors (Lipinski definition) is 1. The molecule has 2 heterocycles. The number of piperidine rings is 1. The smallest absolute Gasteiger partial charge is 0.243 e. The molecule has 28 heavy (non-hydrogen) atoms. The highest BCUT2D eigenvalue weighted by Gasteiger charge is 2.28. The van der Waals surface area contributed by atoms with Crippen LogP contribution in [0.25, 0.3) is 0 Å². The van der Waals surface area contributed by atoms with Gasteiger partial charge in [-0.1, -0.05) is 36.8 Å². The molecule has 3 rings (SSSR count). The molecule has 1 N–H and O–H groups in total. The largest absolute Gasteiger partial charge is 0.354 e. The van der Waals surface area contributed by atoms with Crippen LogP contribution in [0, 0.1) is 0 Å². The van der Waals surface area contributed by atoms with Crippen LogP contribution >= 0.6 is 0 Å². The SMILES string of the molecule is CC(C)(CNC(=O)CCC(=O)N1CCC(c2ccccc2)=N1)N1CCCCC1. The molecule has 0 aliphatic carbocycles. The van der Waals surface area contributed by atoms with Gasteiger partial charge in [-0.25, -0.2) is 5.01 Å². The van der Waals surface area contributed by atoms with Crippen LogP contribution in [0.15, 0.2) is 35.4 Å². The van der Waals surface area contributed by atoms with Crippen molar-refractivity contribution in [1.29, 1.82) is 0 Å². The van der Waals surface area contributed by atoms with E-state index in [-0.39, 0.29) is 30.2 Å². The normalized spacial score (nSPS) is 18.1. The lowest BCUT2D eigenvalue weighted by molar-refractivity contribution is -0.133. The molecular weight excluding hydrogens is 352 g/mol.